The highest BCUT2D eigenvalue weighted by molar-refractivity contribution is 5.76. The van der Waals surface area contributed by atoms with E-state index in [1.54, 1.807) is 16.6 Å². The number of aromatic nitrogens is 4. The van der Waals surface area contributed by atoms with Crippen LogP contribution in [0.15, 0.2) is 12.1 Å². The lowest BCUT2D eigenvalue weighted by atomic mass is 10.1. The van der Waals surface area contributed by atoms with Gasteiger partial charge in [-0.3, -0.25) is 4.79 Å². The number of aliphatic hydroxyl groups is 1. The van der Waals surface area contributed by atoms with Crippen molar-refractivity contribution in [2.45, 2.75) is 52.7 Å². The molecule has 0 aromatic carbocycles. The second-order valence-electron chi connectivity index (χ2n) is 6.33. The molecule has 1 amide bonds. The van der Waals surface area contributed by atoms with Gasteiger partial charge in [-0.2, -0.15) is 4.52 Å². The Balaban J connectivity index is 2.03. The van der Waals surface area contributed by atoms with Crippen molar-refractivity contribution in [3.8, 4) is 5.88 Å². The van der Waals surface area contributed by atoms with E-state index in [9.17, 15) is 9.90 Å². The number of hydrogen-bond acceptors (Lipinski definition) is 6. The molecule has 2 N–H and O–H groups in total. The first-order valence-electron chi connectivity index (χ1n) is 8.19. The highest BCUT2D eigenvalue weighted by Gasteiger charge is 2.16. The quantitative estimate of drug-likeness (QED) is 0.745. The molecule has 0 aliphatic carbocycles. The number of fused-ring (bicyclic) bond motifs is 1. The van der Waals surface area contributed by atoms with Crippen molar-refractivity contribution in [3.63, 3.8) is 0 Å². The Morgan fingerprint density at radius 1 is 1.29 bits per heavy atom. The van der Waals surface area contributed by atoms with Crippen LogP contribution in [0.1, 0.15) is 39.9 Å². The Labute approximate surface area is 141 Å². The maximum absolute atomic E-state index is 12.0. The fourth-order valence-corrected chi connectivity index (χ4v) is 2.20. The highest BCUT2D eigenvalue weighted by atomic mass is 16.5. The summed E-state index contributed by atoms with van der Waals surface area (Å²) in [5, 5.41) is 24.6. The first kappa shape index (κ1) is 18.1. The van der Waals surface area contributed by atoms with Gasteiger partial charge in [-0.05, 0) is 25.8 Å². The third-order valence-electron chi connectivity index (χ3n) is 3.58. The summed E-state index contributed by atoms with van der Waals surface area (Å²) in [6.07, 6.45) is 0.676. The second-order valence-corrected chi connectivity index (χ2v) is 6.33. The van der Waals surface area contributed by atoms with Gasteiger partial charge in [0, 0.05) is 18.9 Å². The molecule has 8 heteroatoms. The summed E-state index contributed by atoms with van der Waals surface area (Å²) in [5.41, 5.74) is 0.608. The monoisotopic (exact) mass is 335 g/mol. The molecule has 2 aromatic rings. The van der Waals surface area contributed by atoms with Gasteiger partial charge in [0.2, 0.25) is 11.8 Å². The predicted molar refractivity (Wildman–Crippen MR) is 88.7 cm³/mol. The van der Waals surface area contributed by atoms with E-state index in [1.807, 2.05) is 27.7 Å². The van der Waals surface area contributed by atoms with E-state index in [-0.39, 0.29) is 37.0 Å². The molecule has 0 saturated carbocycles. The van der Waals surface area contributed by atoms with Gasteiger partial charge in [0.15, 0.2) is 11.5 Å². The maximum Gasteiger partial charge on any atom is 0.232 e. The topological polar surface area (TPSA) is 102 Å². The van der Waals surface area contributed by atoms with Crippen molar-refractivity contribution in [1.29, 1.82) is 0 Å². The lowest BCUT2D eigenvalue weighted by molar-refractivity contribution is -0.122. The Morgan fingerprint density at radius 2 is 2.04 bits per heavy atom. The van der Waals surface area contributed by atoms with E-state index >= 15 is 0 Å². The summed E-state index contributed by atoms with van der Waals surface area (Å²) in [6.45, 7) is 7.68. The lowest BCUT2D eigenvalue weighted by Gasteiger charge is -2.19. The van der Waals surface area contributed by atoms with Crippen molar-refractivity contribution in [2.75, 3.05) is 6.61 Å². The van der Waals surface area contributed by atoms with Crippen molar-refractivity contribution < 1.29 is 14.6 Å². The lowest BCUT2D eigenvalue weighted by Crippen LogP contribution is -2.41. The van der Waals surface area contributed by atoms with Gasteiger partial charge >= 0.3 is 0 Å². The number of hydrogen-bond donors (Lipinski definition) is 2. The Bertz CT molecular complexity index is 683. The molecule has 0 unspecified atom stereocenters. The summed E-state index contributed by atoms with van der Waals surface area (Å²) in [5.74, 6) is 1.13. The molecule has 0 aliphatic heterocycles. The van der Waals surface area contributed by atoms with Gasteiger partial charge in [-0.1, -0.05) is 13.8 Å². The van der Waals surface area contributed by atoms with Crippen LogP contribution in [0.4, 0.5) is 0 Å². The van der Waals surface area contributed by atoms with Crippen LogP contribution in [-0.2, 0) is 11.2 Å². The van der Waals surface area contributed by atoms with Crippen LogP contribution in [0, 0.1) is 5.92 Å². The van der Waals surface area contributed by atoms with Crippen LogP contribution in [-0.4, -0.2) is 49.6 Å². The molecule has 0 saturated heterocycles. The van der Waals surface area contributed by atoms with Crippen molar-refractivity contribution in [2.24, 2.45) is 5.92 Å². The normalized spacial score (nSPS) is 12.8. The van der Waals surface area contributed by atoms with Crippen LogP contribution >= 0.6 is 0 Å². The summed E-state index contributed by atoms with van der Waals surface area (Å²) in [4.78, 5) is 12.0. The predicted octanol–water partition coefficient (Wildman–Crippen LogP) is 0.977. The summed E-state index contributed by atoms with van der Waals surface area (Å²) < 4.78 is 7.17. The summed E-state index contributed by atoms with van der Waals surface area (Å²) in [6, 6.07) is 3.29. The Morgan fingerprint density at radius 3 is 2.67 bits per heavy atom. The molecule has 1 atom stereocenters. The minimum atomic E-state index is -0.239. The molecule has 0 aliphatic rings. The smallest absolute Gasteiger partial charge is 0.232 e. The zero-order valence-corrected chi connectivity index (χ0v) is 14.6. The van der Waals surface area contributed by atoms with Crippen LogP contribution in [0.3, 0.4) is 0 Å². The molecule has 132 valence electrons. The first-order chi connectivity index (χ1) is 11.4. The van der Waals surface area contributed by atoms with Gasteiger partial charge < -0.3 is 15.2 Å². The number of aliphatic hydroxyl groups excluding tert-OH is 1. The van der Waals surface area contributed by atoms with Gasteiger partial charge in [0.1, 0.15) is 0 Å². The van der Waals surface area contributed by atoms with E-state index in [2.05, 4.69) is 20.6 Å². The first-order valence-corrected chi connectivity index (χ1v) is 8.19. The number of aryl methyl sites for hydroxylation is 1. The summed E-state index contributed by atoms with van der Waals surface area (Å²) >= 11 is 0. The minimum absolute atomic E-state index is 0.0205. The van der Waals surface area contributed by atoms with Crippen LogP contribution in [0.5, 0.6) is 5.88 Å². The van der Waals surface area contributed by atoms with E-state index in [4.69, 9.17) is 4.74 Å². The van der Waals surface area contributed by atoms with Gasteiger partial charge in [-0.15, -0.1) is 15.3 Å². The largest absolute Gasteiger partial charge is 0.474 e. The number of nitrogens with one attached hydrogen (secondary N) is 1. The Hall–Kier alpha value is -2.22. The number of nitrogens with zero attached hydrogens (tertiary/aromatic N) is 4. The molecule has 2 rings (SSSR count). The fourth-order valence-electron chi connectivity index (χ4n) is 2.20. The van der Waals surface area contributed by atoms with Crippen LogP contribution in [0.2, 0.25) is 0 Å². The van der Waals surface area contributed by atoms with Gasteiger partial charge in [-0.25, -0.2) is 0 Å². The molecule has 2 heterocycles. The van der Waals surface area contributed by atoms with Crippen molar-refractivity contribution >= 4 is 11.6 Å². The zero-order valence-electron chi connectivity index (χ0n) is 14.6. The second kappa shape index (κ2) is 8.05. The van der Waals surface area contributed by atoms with E-state index in [1.165, 1.54) is 0 Å². The fraction of sp³-hybridized carbons (Fsp3) is 0.625. The molecule has 0 spiro atoms. The third kappa shape index (κ3) is 4.64. The molecule has 2 aromatic heterocycles. The minimum Gasteiger partial charge on any atom is -0.474 e. The van der Waals surface area contributed by atoms with Crippen LogP contribution < -0.4 is 10.1 Å². The molecule has 24 heavy (non-hydrogen) atoms. The average molecular weight is 335 g/mol. The molecule has 0 fully saturated rings. The van der Waals surface area contributed by atoms with E-state index in [0.717, 1.165) is 0 Å². The molecular weight excluding hydrogens is 310 g/mol. The average Bonchev–Trinajstić information content (AvgIpc) is 2.92. The molecule has 0 bridgehead atoms. The van der Waals surface area contributed by atoms with Gasteiger partial charge in [0.05, 0.1) is 18.8 Å². The number of carbonyl (C=O) groups is 1. The summed E-state index contributed by atoms with van der Waals surface area (Å²) in [7, 11) is 0. The van der Waals surface area contributed by atoms with Crippen molar-refractivity contribution in [3.05, 3.63) is 18.0 Å². The molecule has 8 nitrogen and oxygen atoms in total. The van der Waals surface area contributed by atoms with Crippen molar-refractivity contribution in [1.82, 2.24) is 25.1 Å². The SMILES string of the molecule is CC(C)Oc1ccc2nnc(CCC(=O)N[C@@H](CO)C(C)C)n2n1. The Kier molecular flexibility index (Phi) is 6.08. The number of rotatable bonds is 8. The number of amides is 1. The zero-order chi connectivity index (χ0) is 17.7. The third-order valence-corrected chi connectivity index (χ3v) is 3.58. The number of ether oxygens (including phenoxy) is 1. The molecule has 0 radical (unpaired) electrons. The van der Waals surface area contributed by atoms with Gasteiger partial charge in [0.25, 0.3) is 0 Å². The highest BCUT2D eigenvalue weighted by Crippen LogP contribution is 2.12. The standard InChI is InChI=1S/C16H25N5O3/c1-10(2)12(9-22)17-15(23)7-5-13-18-19-14-6-8-16(20-21(13)14)24-11(3)4/h6,8,10-12,22H,5,7,9H2,1-4H3,(H,17,23)/t12-/m0/s1. The molecular formula is C16H25N5O3. The van der Waals surface area contributed by atoms with E-state index in [0.29, 0.717) is 23.8 Å². The number of carbonyl (C=O) groups excluding carboxylic acids is 1. The maximum atomic E-state index is 12.0. The van der Waals surface area contributed by atoms with Crippen LogP contribution in [0.25, 0.3) is 5.65 Å². The van der Waals surface area contributed by atoms with E-state index < -0.39 is 0 Å².